The normalized spacial score (nSPS) is 14.6. The summed E-state index contributed by atoms with van der Waals surface area (Å²) in [7, 11) is 0. The molecule has 2 spiro atoms. The molecule has 1 atom stereocenters. The van der Waals surface area contributed by atoms with Crippen molar-refractivity contribution in [1.82, 2.24) is 29.1 Å². The van der Waals surface area contributed by atoms with E-state index in [0.717, 1.165) is 169 Å². The number of ether oxygens (including phenoxy) is 2. The average Bonchev–Trinajstić information content (AvgIpc) is 1.51. The summed E-state index contributed by atoms with van der Waals surface area (Å²) >= 11 is 3.51. The lowest BCUT2D eigenvalue weighted by molar-refractivity contribution is 0.437. The highest BCUT2D eigenvalue weighted by molar-refractivity contribution is 7.26. The second-order valence-electron chi connectivity index (χ2n) is 31.2. The number of para-hydroxylation sites is 4. The van der Waals surface area contributed by atoms with Crippen LogP contribution in [0, 0.1) is 0 Å². The van der Waals surface area contributed by atoms with Crippen LogP contribution in [0.2, 0.25) is 0 Å². The van der Waals surface area contributed by atoms with Crippen LogP contribution in [0.1, 0.15) is 44.5 Å². The molecule has 4 aliphatic rings. The quantitative estimate of drug-likeness (QED) is 0.160. The lowest BCUT2D eigenvalue weighted by Crippen LogP contribution is -2.32. The van der Waals surface area contributed by atoms with Crippen LogP contribution in [0.15, 0.2) is 352 Å². The Kier molecular flexibility index (Phi) is 12.5. The van der Waals surface area contributed by atoms with Crippen LogP contribution in [-0.4, -0.2) is 29.1 Å². The van der Waals surface area contributed by atoms with E-state index in [4.69, 9.17) is 29.4 Å². The van der Waals surface area contributed by atoms with E-state index in [-0.39, 0.29) is 0 Å². The van der Waals surface area contributed by atoms with Gasteiger partial charge in [-0.25, -0.2) is 19.9 Å². The molecule has 27 rings (SSSR count). The Morgan fingerprint density at radius 3 is 1.20 bits per heavy atom. The van der Waals surface area contributed by atoms with Gasteiger partial charge in [0.05, 0.1) is 64.7 Å². The number of hydrogen-bond donors (Lipinski definition) is 0. The van der Waals surface area contributed by atoms with Gasteiger partial charge in [0.25, 0.3) is 0 Å². The zero-order valence-corrected chi connectivity index (χ0v) is 63.4. The third kappa shape index (κ3) is 8.15. The van der Waals surface area contributed by atoms with Crippen molar-refractivity contribution in [1.29, 1.82) is 0 Å². The number of nitrogens with zero attached hydrogens (tertiary/aromatic N) is 6. The van der Waals surface area contributed by atoms with Crippen molar-refractivity contribution in [3.05, 3.63) is 396 Å². The minimum atomic E-state index is -0.784. The van der Waals surface area contributed by atoms with Gasteiger partial charge in [-0.3, -0.25) is 9.13 Å². The van der Waals surface area contributed by atoms with E-state index < -0.39 is 10.8 Å². The Morgan fingerprint density at radius 1 is 0.233 bits per heavy atom. The summed E-state index contributed by atoms with van der Waals surface area (Å²) in [5.41, 5.74) is 24.8. The smallest absolute Gasteiger partial charge is 0.235 e. The minimum Gasteiger partial charge on any atom is -0.457 e. The average molecular weight is 1510 g/mol. The van der Waals surface area contributed by atoms with Gasteiger partial charge in [-0.15, -0.1) is 22.7 Å². The molecule has 0 amide bonds. The fraction of sp³-hybridized carbons (Fsp3) is 0.0189. The lowest BCUT2D eigenvalue weighted by Gasteiger charge is -2.39. The number of thiophene rings is 2. The molecule has 116 heavy (non-hydrogen) atoms. The van der Waals surface area contributed by atoms with Crippen molar-refractivity contribution >= 4 is 139 Å². The van der Waals surface area contributed by atoms with Crippen molar-refractivity contribution in [2.75, 3.05) is 0 Å². The summed E-state index contributed by atoms with van der Waals surface area (Å²) in [4.78, 5) is 22.7. The number of rotatable bonds is 5. The van der Waals surface area contributed by atoms with Gasteiger partial charge in [0.2, 0.25) is 11.9 Å². The van der Waals surface area contributed by atoms with Crippen LogP contribution >= 0.6 is 22.7 Å². The highest BCUT2D eigenvalue weighted by atomic mass is 32.1. The predicted octanol–water partition coefficient (Wildman–Crippen LogP) is 27.6. The van der Waals surface area contributed by atoms with Crippen LogP contribution in [0.3, 0.4) is 0 Å². The van der Waals surface area contributed by atoms with Gasteiger partial charge in [0.15, 0.2) is 0 Å². The van der Waals surface area contributed by atoms with Crippen molar-refractivity contribution in [2.45, 2.75) is 10.8 Å². The van der Waals surface area contributed by atoms with Gasteiger partial charge >= 0.3 is 0 Å². The Labute approximate surface area is 670 Å². The first kappa shape index (κ1) is 62.9. The molecule has 10 heteroatoms. The van der Waals surface area contributed by atoms with E-state index in [1.165, 1.54) is 70.8 Å². The summed E-state index contributed by atoms with van der Waals surface area (Å²) in [6, 6.07) is 129. The lowest BCUT2D eigenvalue weighted by atomic mass is 9.65. The Morgan fingerprint density at radius 2 is 0.629 bits per heavy atom. The van der Waals surface area contributed by atoms with Crippen molar-refractivity contribution in [2.24, 2.45) is 0 Å². The van der Waals surface area contributed by atoms with Crippen molar-refractivity contribution < 1.29 is 9.47 Å². The summed E-state index contributed by atoms with van der Waals surface area (Å²) in [5.74, 6) is 4.46. The summed E-state index contributed by atoms with van der Waals surface area (Å²) in [6.45, 7) is 0. The van der Waals surface area contributed by atoms with E-state index >= 15 is 0 Å². The fourth-order valence-electron chi connectivity index (χ4n) is 21.0. The van der Waals surface area contributed by atoms with Gasteiger partial charge in [-0.1, -0.05) is 279 Å². The monoisotopic (exact) mass is 1510 g/mol. The maximum absolute atomic E-state index is 7.35. The zero-order chi connectivity index (χ0) is 75.4. The number of fused-ring (bicyclic) bond motifs is 36. The van der Waals surface area contributed by atoms with Crippen LogP contribution in [-0.2, 0) is 10.8 Å². The molecule has 1 unspecified atom stereocenters. The highest BCUT2D eigenvalue weighted by Gasteiger charge is 2.54. The van der Waals surface area contributed by atoms with E-state index in [2.05, 4.69) is 361 Å². The SMILES string of the molecule is c1ccc(-c2nc(-n3c4ccccc4c4cc5c(cc43)Oc3ccccc3C53c4ccccc4-c4c(-c5ccc6c7ccccc7c7cc(-c8nc(-n9c%10ccccc%10c%10cc%11c(cc%109)Oc9ccccc9C%119c%10ccccc%10-c%10ccccc%109)nc9c8sc8ccccc89)ccc7c6c5)cccc43)nc3c2sc2ccccc23)cc1. The van der Waals surface area contributed by atoms with Crippen LogP contribution < -0.4 is 9.47 Å². The molecule has 2 aliphatic carbocycles. The predicted molar refractivity (Wildman–Crippen MR) is 476 cm³/mol. The van der Waals surface area contributed by atoms with Gasteiger partial charge in [0, 0.05) is 87.2 Å². The maximum atomic E-state index is 7.35. The molecule has 0 bridgehead atoms. The third-order valence-electron chi connectivity index (χ3n) is 25.7. The molecule has 0 saturated carbocycles. The van der Waals surface area contributed by atoms with Crippen LogP contribution in [0.4, 0.5) is 0 Å². The van der Waals surface area contributed by atoms with Gasteiger partial charge in [-0.2, -0.15) is 0 Å². The molecule has 0 saturated heterocycles. The molecule has 8 nitrogen and oxygen atoms in total. The molecule has 0 N–H and O–H groups in total. The first-order valence-electron chi connectivity index (χ1n) is 39.5. The van der Waals surface area contributed by atoms with Crippen LogP contribution in [0.5, 0.6) is 23.0 Å². The van der Waals surface area contributed by atoms with Gasteiger partial charge < -0.3 is 9.47 Å². The topological polar surface area (TPSA) is 79.9 Å². The summed E-state index contributed by atoms with van der Waals surface area (Å²) in [5, 5.41) is 13.7. The van der Waals surface area contributed by atoms with E-state index in [1.54, 1.807) is 22.7 Å². The van der Waals surface area contributed by atoms with Crippen molar-refractivity contribution in [3.63, 3.8) is 0 Å². The second kappa shape index (κ2) is 23.0. The first-order valence-corrected chi connectivity index (χ1v) is 41.1. The molecular weight excluding hydrogens is 1450 g/mol. The largest absolute Gasteiger partial charge is 0.457 e. The molecule has 536 valence electrons. The molecule has 17 aromatic carbocycles. The first-order chi connectivity index (χ1) is 57.5. The van der Waals surface area contributed by atoms with Gasteiger partial charge in [-0.05, 0) is 149 Å². The number of benzene rings is 17. The Bertz CT molecular complexity index is 8350. The van der Waals surface area contributed by atoms with Crippen molar-refractivity contribution in [3.8, 4) is 90.8 Å². The van der Waals surface area contributed by atoms with E-state index in [1.807, 2.05) is 0 Å². The summed E-state index contributed by atoms with van der Waals surface area (Å²) < 4.78 is 23.5. The maximum Gasteiger partial charge on any atom is 0.235 e. The molecule has 0 radical (unpaired) electrons. The zero-order valence-electron chi connectivity index (χ0n) is 61.8. The summed E-state index contributed by atoms with van der Waals surface area (Å²) in [6.07, 6.45) is 0. The standard InChI is InChI=1S/C106H58N6O2S2/c1-2-25-59(26-3-1)97-101-99(72-34-11-22-47-94(72)115-101)109-103(107-97)111-86-43-18-10-32-70(86)77-56-85-93(58-89(77)111)114-91-46-21-17-41-82(91)106(85)80-39-15-8-33-71(80)96-62(36-24-42-83(96)106)60-49-51-65-63-27-4-5-28-64(63)75-54-61(50-52-66(75)74(65)53-60)98-102-100(73-35-12-23-48-95(73)116-102)110-104(108-98)112-87-44-19-9-31-69(87)76-55-84-92(57-88(76)112)113-90-45-20-16-40-81(90)105(84)78-37-13-6-29-67(78)68-30-7-14-38-79(68)105/h1-58H. The Balaban J connectivity index is 0.642. The molecular formula is C106H58N6O2S2. The van der Waals surface area contributed by atoms with E-state index in [9.17, 15) is 0 Å². The fourth-order valence-corrected chi connectivity index (χ4v) is 23.3. The Hall–Kier alpha value is -14.7. The van der Waals surface area contributed by atoms with Gasteiger partial charge in [0.1, 0.15) is 23.0 Å². The third-order valence-corrected chi connectivity index (χ3v) is 28.0. The highest BCUT2D eigenvalue weighted by Crippen LogP contribution is 2.66. The molecule has 23 aromatic rings. The van der Waals surface area contributed by atoms with Crippen LogP contribution in [0.25, 0.3) is 184 Å². The molecule has 2 aliphatic heterocycles. The molecule has 6 aromatic heterocycles. The minimum absolute atomic E-state index is 0.593. The number of hydrogen-bond acceptors (Lipinski definition) is 8. The van der Waals surface area contributed by atoms with E-state index in [0.29, 0.717) is 11.9 Å². The second-order valence-corrected chi connectivity index (χ2v) is 33.3. The molecule has 8 heterocycles. The molecule has 0 fully saturated rings. The number of aromatic nitrogens is 6.